The number of thiocarbonyl (C=S) groups is 1. The lowest BCUT2D eigenvalue weighted by Gasteiger charge is -2.12. The van der Waals surface area contributed by atoms with Gasteiger partial charge in [0.2, 0.25) is 0 Å². The predicted molar refractivity (Wildman–Crippen MR) is 147 cm³/mol. The van der Waals surface area contributed by atoms with Crippen LogP contribution in [-0.4, -0.2) is 26.0 Å². The molecule has 0 fully saturated rings. The van der Waals surface area contributed by atoms with Crippen LogP contribution < -0.4 is 20.1 Å². The molecule has 0 aliphatic carbocycles. The van der Waals surface area contributed by atoms with Crippen molar-refractivity contribution in [3.05, 3.63) is 81.8 Å². The van der Waals surface area contributed by atoms with E-state index >= 15 is 0 Å². The van der Waals surface area contributed by atoms with E-state index in [-0.39, 0.29) is 15.9 Å². The maximum atomic E-state index is 12.7. The van der Waals surface area contributed by atoms with Gasteiger partial charge in [-0.2, -0.15) is 0 Å². The van der Waals surface area contributed by atoms with E-state index in [0.29, 0.717) is 33.8 Å². The number of hydrogen-bond acceptors (Lipinski definition) is 5. The number of carbonyl (C=O) groups is 1. The summed E-state index contributed by atoms with van der Waals surface area (Å²) >= 11 is 8.64. The number of sulfonamides is 1. The van der Waals surface area contributed by atoms with E-state index in [1.807, 2.05) is 26.8 Å². The average molecular weight is 577 g/mol. The molecule has 3 rings (SSSR count). The molecule has 0 saturated carbocycles. The van der Waals surface area contributed by atoms with Gasteiger partial charge in [0.1, 0.15) is 5.75 Å². The van der Waals surface area contributed by atoms with Crippen LogP contribution in [0.1, 0.15) is 34.8 Å². The molecule has 0 heterocycles. The van der Waals surface area contributed by atoms with Gasteiger partial charge in [0.05, 0.1) is 16.0 Å². The van der Waals surface area contributed by atoms with Gasteiger partial charge < -0.3 is 10.1 Å². The van der Waals surface area contributed by atoms with Crippen LogP contribution in [0.25, 0.3) is 0 Å². The number of aryl methyl sites for hydroxylation is 2. The van der Waals surface area contributed by atoms with E-state index in [1.165, 1.54) is 12.1 Å². The number of anilines is 2. The topological polar surface area (TPSA) is 96.5 Å². The van der Waals surface area contributed by atoms with Crippen LogP contribution in [0.3, 0.4) is 0 Å². The molecule has 3 N–H and O–H groups in total. The van der Waals surface area contributed by atoms with Crippen molar-refractivity contribution >= 4 is 60.6 Å². The molecule has 7 nitrogen and oxygen atoms in total. The van der Waals surface area contributed by atoms with Gasteiger partial charge in [-0.25, -0.2) is 8.42 Å². The number of ether oxygens (including phenoxy) is 1. The van der Waals surface area contributed by atoms with Crippen LogP contribution in [0.5, 0.6) is 5.75 Å². The largest absolute Gasteiger partial charge is 0.492 e. The molecular formula is C25H26BrN3O4S2. The van der Waals surface area contributed by atoms with Gasteiger partial charge >= 0.3 is 0 Å². The third-order valence-electron chi connectivity index (χ3n) is 4.78. The third kappa shape index (κ3) is 7.51. The number of hydrogen-bond donors (Lipinski definition) is 3. The van der Waals surface area contributed by atoms with Crippen molar-refractivity contribution in [2.75, 3.05) is 16.6 Å². The standard InChI is InChI=1S/C25H26BrN3O4S2/c1-4-11-33-23-10-5-18(15-22(23)26)24(30)28-25(34)27-19-6-8-21(9-7-19)35(31,32)29-20-13-16(2)12-17(3)14-20/h5-10,12-15,29H,4,11H2,1-3H3,(H2,27,28,30,34). The van der Waals surface area contributed by atoms with E-state index in [4.69, 9.17) is 17.0 Å². The average Bonchev–Trinajstić information content (AvgIpc) is 2.77. The summed E-state index contributed by atoms with van der Waals surface area (Å²) in [7, 11) is -3.76. The SMILES string of the molecule is CCCOc1ccc(C(=O)NC(=S)Nc2ccc(S(=O)(=O)Nc3cc(C)cc(C)c3)cc2)cc1Br. The highest BCUT2D eigenvalue weighted by Crippen LogP contribution is 2.26. The molecule has 10 heteroatoms. The fourth-order valence-electron chi connectivity index (χ4n) is 3.27. The molecule has 1 amide bonds. The molecule has 0 aliphatic rings. The lowest BCUT2D eigenvalue weighted by atomic mass is 10.1. The van der Waals surface area contributed by atoms with Gasteiger partial charge in [0.15, 0.2) is 5.11 Å². The molecule has 0 bridgehead atoms. The van der Waals surface area contributed by atoms with E-state index in [1.54, 1.807) is 42.5 Å². The van der Waals surface area contributed by atoms with Gasteiger partial charge in [-0.05, 0) is 114 Å². The maximum Gasteiger partial charge on any atom is 0.261 e. The Kier molecular flexibility index (Phi) is 8.87. The summed E-state index contributed by atoms with van der Waals surface area (Å²) in [5.41, 5.74) is 3.37. The molecule has 0 aliphatic heterocycles. The van der Waals surface area contributed by atoms with E-state index in [2.05, 4.69) is 31.3 Å². The van der Waals surface area contributed by atoms with Crippen LogP contribution in [-0.2, 0) is 10.0 Å². The summed E-state index contributed by atoms with van der Waals surface area (Å²) in [6.45, 7) is 6.41. The van der Waals surface area contributed by atoms with Crippen LogP contribution >= 0.6 is 28.1 Å². The third-order valence-corrected chi connectivity index (χ3v) is 7.00. The van der Waals surface area contributed by atoms with Gasteiger partial charge in [-0.15, -0.1) is 0 Å². The van der Waals surface area contributed by atoms with Crippen molar-refractivity contribution in [1.82, 2.24) is 5.32 Å². The summed E-state index contributed by atoms with van der Waals surface area (Å²) in [5, 5.41) is 5.58. The van der Waals surface area contributed by atoms with Crippen molar-refractivity contribution in [3.63, 3.8) is 0 Å². The highest BCUT2D eigenvalue weighted by molar-refractivity contribution is 9.10. The van der Waals surface area contributed by atoms with E-state index < -0.39 is 10.0 Å². The normalized spacial score (nSPS) is 11.0. The first kappa shape index (κ1) is 26.7. The minimum Gasteiger partial charge on any atom is -0.492 e. The number of nitrogens with one attached hydrogen (secondary N) is 3. The Labute approximate surface area is 219 Å². The molecular weight excluding hydrogens is 550 g/mol. The highest BCUT2D eigenvalue weighted by Gasteiger charge is 2.15. The van der Waals surface area contributed by atoms with Gasteiger partial charge in [0.25, 0.3) is 15.9 Å². The number of halogens is 1. The molecule has 0 atom stereocenters. The fourth-order valence-corrected chi connectivity index (χ4v) is 5.02. The molecule has 0 spiro atoms. The molecule has 3 aromatic carbocycles. The van der Waals surface area contributed by atoms with Crippen LogP contribution in [0.2, 0.25) is 0 Å². The first-order chi connectivity index (χ1) is 16.6. The van der Waals surface area contributed by atoms with Gasteiger partial charge in [-0.1, -0.05) is 13.0 Å². The molecule has 35 heavy (non-hydrogen) atoms. The maximum absolute atomic E-state index is 12.7. The molecule has 0 radical (unpaired) electrons. The highest BCUT2D eigenvalue weighted by atomic mass is 79.9. The Hall–Kier alpha value is -2.95. The lowest BCUT2D eigenvalue weighted by Crippen LogP contribution is -2.34. The van der Waals surface area contributed by atoms with E-state index in [0.717, 1.165) is 17.5 Å². The van der Waals surface area contributed by atoms with Crippen molar-refractivity contribution in [3.8, 4) is 5.75 Å². The quantitative estimate of drug-likeness (QED) is 0.294. The van der Waals surface area contributed by atoms with Crippen molar-refractivity contribution < 1.29 is 17.9 Å². The number of amides is 1. The van der Waals surface area contributed by atoms with Crippen molar-refractivity contribution in [2.24, 2.45) is 0 Å². The Bertz CT molecular complexity index is 1320. The zero-order chi connectivity index (χ0) is 25.6. The second-order valence-corrected chi connectivity index (χ2v) is 10.9. The lowest BCUT2D eigenvalue weighted by molar-refractivity contribution is 0.0977. The van der Waals surface area contributed by atoms with E-state index in [9.17, 15) is 13.2 Å². The monoisotopic (exact) mass is 575 g/mol. The molecule has 3 aromatic rings. The summed E-state index contributed by atoms with van der Waals surface area (Å²) in [6, 6.07) is 16.6. The number of carbonyl (C=O) groups excluding carboxylic acids is 1. The predicted octanol–water partition coefficient (Wildman–Crippen LogP) is 5.78. The summed E-state index contributed by atoms with van der Waals surface area (Å²) < 4.78 is 34.3. The minimum atomic E-state index is -3.76. The van der Waals surface area contributed by atoms with Crippen molar-refractivity contribution in [2.45, 2.75) is 32.1 Å². The zero-order valence-corrected chi connectivity index (χ0v) is 22.7. The Morgan fingerprint density at radius 3 is 2.23 bits per heavy atom. The van der Waals surface area contributed by atoms with Gasteiger partial charge in [0, 0.05) is 16.9 Å². The number of rotatable bonds is 8. The zero-order valence-electron chi connectivity index (χ0n) is 19.5. The number of benzene rings is 3. The first-order valence-electron chi connectivity index (χ1n) is 10.8. The smallest absolute Gasteiger partial charge is 0.261 e. The summed E-state index contributed by atoms with van der Waals surface area (Å²) in [5.74, 6) is 0.272. The minimum absolute atomic E-state index is 0.0846. The fraction of sp³-hybridized carbons (Fsp3) is 0.200. The van der Waals surface area contributed by atoms with Crippen LogP contribution in [0.4, 0.5) is 11.4 Å². The second-order valence-electron chi connectivity index (χ2n) is 7.91. The Morgan fingerprint density at radius 1 is 0.971 bits per heavy atom. The molecule has 0 saturated heterocycles. The summed E-state index contributed by atoms with van der Waals surface area (Å²) in [6.07, 6.45) is 0.879. The first-order valence-corrected chi connectivity index (χ1v) is 13.5. The second kappa shape index (κ2) is 11.7. The summed E-state index contributed by atoms with van der Waals surface area (Å²) in [4.78, 5) is 12.6. The van der Waals surface area contributed by atoms with Crippen LogP contribution in [0, 0.1) is 13.8 Å². The Morgan fingerprint density at radius 2 is 1.63 bits per heavy atom. The molecule has 0 aromatic heterocycles. The Balaban J connectivity index is 1.61. The van der Waals surface area contributed by atoms with Crippen LogP contribution in [0.15, 0.2) is 70.0 Å². The van der Waals surface area contributed by atoms with Crippen molar-refractivity contribution in [1.29, 1.82) is 0 Å². The molecule has 184 valence electrons. The van der Waals surface area contributed by atoms with Gasteiger partial charge in [-0.3, -0.25) is 14.8 Å². The molecule has 0 unspecified atom stereocenters.